The van der Waals surface area contributed by atoms with Crippen molar-refractivity contribution < 1.29 is 0 Å². The van der Waals surface area contributed by atoms with E-state index in [2.05, 4.69) is 17.5 Å². The molecule has 0 N–H and O–H groups in total. The van der Waals surface area contributed by atoms with E-state index in [0.29, 0.717) is 0 Å². The number of hydrogen-bond donors (Lipinski definition) is 0. The number of hydrogen-bond acceptors (Lipinski definition) is 0. The fourth-order valence-electron chi connectivity index (χ4n) is 0.256. The smallest absolute Gasteiger partial charge is 0.0953 e. The summed E-state index contributed by atoms with van der Waals surface area (Å²) in [5, 5.41) is 0. The normalized spacial score (nSPS) is 11.1. The second kappa shape index (κ2) is 3.42. The van der Waals surface area contributed by atoms with Gasteiger partial charge in [0.2, 0.25) is 0 Å². The molecular weight excluding hydrogens is 86.1 g/mol. The molecule has 1 unspecified atom stereocenters. The SMILES string of the molecule is C=CC(C)[N+]#CC. The van der Waals surface area contributed by atoms with E-state index in [9.17, 15) is 0 Å². The van der Waals surface area contributed by atoms with Crippen LogP contribution in [0, 0.1) is 6.07 Å². The quantitative estimate of drug-likeness (QED) is 0.439. The minimum Gasteiger partial charge on any atom is -0.0953 e. The lowest BCUT2D eigenvalue weighted by atomic mass is 10.4. The first kappa shape index (κ1) is 6.23. The van der Waals surface area contributed by atoms with Crippen molar-refractivity contribution in [3.8, 4) is 6.07 Å². The summed E-state index contributed by atoms with van der Waals surface area (Å²) >= 11 is 0. The van der Waals surface area contributed by atoms with Crippen molar-refractivity contribution in [3.05, 3.63) is 17.5 Å². The van der Waals surface area contributed by atoms with Gasteiger partial charge in [-0.15, -0.1) is 0 Å². The Labute approximate surface area is 44.5 Å². The molecule has 0 bridgehead atoms. The van der Waals surface area contributed by atoms with E-state index in [1.165, 1.54) is 0 Å². The molecule has 0 radical (unpaired) electrons. The van der Waals surface area contributed by atoms with E-state index in [-0.39, 0.29) is 6.04 Å². The fourth-order valence-corrected chi connectivity index (χ4v) is 0.256. The molecule has 7 heavy (non-hydrogen) atoms. The summed E-state index contributed by atoms with van der Waals surface area (Å²) in [4.78, 5) is 3.88. The minimum atomic E-state index is 0.227. The van der Waals surface area contributed by atoms with Crippen LogP contribution in [-0.2, 0) is 0 Å². The highest BCUT2D eigenvalue weighted by molar-refractivity contribution is 4.96. The standard InChI is InChI=1S/C6H10N/c1-4-6(3)7-5-2/h4,6H,1H2,2-3H3/q+1. The Hall–Kier alpha value is -0.770. The van der Waals surface area contributed by atoms with Crippen LogP contribution in [0.1, 0.15) is 13.8 Å². The summed E-state index contributed by atoms with van der Waals surface area (Å²) in [7, 11) is 0. The van der Waals surface area contributed by atoms with Crippen LogP contribution in [0.3, 0.4) is 0 Å². The third kappa shape index (κ3) is 3.05. The molecule has 0 fully saturated rings. The molecule has 0 saturated carbocycles. The van der Waals surface area contributed by atoms with Crippen molar-refractivity contribution in [1.29, 1.82) is 0 Å². The van der Waals surface area contributed by atoms with Gasteiger partial charge in [-0.3, -0.25) is 0 Å². The van der Waals surface area contributed by atoms with Crippen molar-refractivity contribution in [3.63, 3.8) is 0 Å². The topological polar surface area (TPSA) is 4.36 Å². The maximum absolute atomic E-state index is 3.88. The summed E-state index contributed by atoms with van der Waals surface area (Å²) in [6.45, 7) is 7.29. The van der Waals surface area contributed by atoms with E-state index >= 15 is 0 Å². The average molecular weight is 96.2 g/mol. The Morgan fingerprint density at radius 1 is 1.86 bits per heavy atom. The highest BCUT2D eigenvalue weighted by Crippen LogP contribution is 1.86. The van der Waals surface area contributed by atoms with E-state index in [4.69, 9.17) is 0 Å². The average Bonchev–Trinajstić information content (AvgIpc) is 1.68. The Balaban J connectivity index is 3.49. The molecule has 0 aromatic carbocycles. The molecule has 1 atom stereocenters. The minimum absolute atomic E-state index is 0.227. The van der Waals surface area contributed by atoms with Crippen LogP contribution in [0.4, 0.5) is 0 Å². The van der Waals surface area contributed by atoms with Gasteiger partial charge in [0.25, 0.3) is 12.1 Å². The summed E-state index contributed by atoms with van der Waals surface area (Å²) in [6, 6.07) is 2.90. The molecule has 0 amide bonds. The van der Waals surface area contributed by atoms with Gasteiger partial charge in [-0.2, -0.15) is 0 Å². The molecule has 38 valence electrons. The Morgan fingerprint density at radius 3 is 2.57 bits per heavy atom. The molecule has 0 saturated heterocycles. The molecule has 0 heterocycles. The van der Waals surface area contributed by atoms with Gasteiger partial charge in [0.15, 0.2) is 0 Å². The van der Waals surface area contributed by atoms with Gasteiger partial charge < -0.3 is 0 Å². The second-order valence-corrected chi connectivity index (χ2v) is 1.33. The molecule has 0 rings (SSSR count). The van der Waals surface area contributed by atoms with E-state index < -0.39 is 0 Å². The second-order valence-electron chi connectivity index (χ2n) is 1.33. The lowest BCUT2D eigenvalue weighted by Crippen LogP contribution is -1.83. The van der Waals surface area contributed by atoms with Crippen LogP contribution in [0.2, 0.25) is 0 Å². The van der Waals surface area contributed by atoms with Crippen molar-refractivity contribution in [2.75, 3.05) is 0 Å². The molecular formula is C6H10N+. The van der Waals surface area contributed by atoms with Gasteiger partial charge in [0.05, 0.1) is 6.92 Å². The van der Waals surface area contributed by atoms with Crippen LogP contribution in [-0.4, -0.2) is 6.04 Å². The maximum atomic E-state index is 3.88. The van der Waals surface area contributed by atoms with Crippen LogP contribution >= 0.6 is 0 Å². The van der Waals surface area contributed by atoms with Crippen LogP contribution in [0.5, 0.6) is 0 Å². The summed E-state index contributed by atoms with van der Waals surface area (Å²) in [5.74, 6) is 0. The van der Waals surface area contributed by atoms with Crippen LogP contribution in [0.15, 0.2) is 12.7 Å². The molecule has 1 nitrogen and oxygen atoms in total. The van der Waals surface area contributed by atoms with Crippen molar-refractivity contribution >= 4 is 0 Å². The predicted octanol–water partition coefficient (Wildman–Crippen LogP) is 1.91. The largest absolute Gasteiger partial charge is 0.287 e. The molecule has 0 aliphatic carbocycles. The van der Waals surface area contributed by atoms with E-state index in [1.807, 2.05) is 6.92 Å². The Morgan fingerprint density at radius 2 is 2.43 bits per heavy atom. The van der Waals surface area contributed by atoms with Crippen molar-refractivity contribution in [2.24, 2.45) is 0 Å². The molecule has 0 spiro atoms. The van der Waals surface area contributed by atoms with Gasteiger partial charge in [-0.05, 0) is 6.08 Å². The zero-order chi connectivity index (χ0) is 5.70. The number of rotatable bonds is 1. The van der Waals surface area contributed by atoms with Crippen molar-refractivity contribution in [1.82, 2.24) is 0 Å². The molecule has 0 aromatic rings. The third-order valence-corrected chi connectivity index (χ3v) is 0.674. The fraction of sp³-hybridized carbons (Fsp3) is 0.500. The Bertz CT molecular complexity index is 105. The first-order valence-corrected chi connectivity index (χ1v) is 2.30. The van der Waals surface area contributed by atoms with Gasteiger partial charge >= 0.3 is 0 Å². The predicted molar refractivity (Wildman–Crippen MR) is 32.6 cm³/mol. The van der Waals surface area contributed by atoms with Gasteiger partial charge in [0.1, 0.15) is 0 Å². The molecule has 0 aliphatic heterocycles. The molecule has 0 aliphatic rings. The monoisotopic (exact) mass is 96.1 g/mol. The van der Waals surface area contributed by atoms with Gasteiger partial charge in [0, 0.05) is 6.92 Å². The first-order valence-electron chi connectivity index (χ1n) is 2.30. The lowest BCUT2D eigenvalue weighted by Gasteiger charge is -1.71. The highest BCUT2D eigenvalue weighted by Gasteiger charge is 1.96. The summed E-state index contributed by atoms with van der Waals surface area (Å²) < 4.78 is 0. The highest BCUT2D eigenvalue weighted by atomic mass is 14.7. The first-order chi connectivity index (χ1) is 3.31. The zero-order valence-corrected chi connectivity index (χ0v) is 4.81. The van der Waals surface area contributed by atoms with E-state index in [1.54, 1.807) is 13.0 Å². The maximum Gasteiger partial charge on any atom is 0.287 e. The van der Waals surface area contributed by atoms with Crippen LogP contribution < -0.4 is 0 Å². The summed E-state index contributed by atoms with van der Waals surface area (Å²) in [6.07, 6.45) is 1.77. The zero-order valence-electron chi connectivity index (χ0n) is 4.81. The Kier molecular flexibility index (Phi) is 3.04. The molecule has 1 heteroatoms. The summed E-state index contributed by atoms with van der Waals surface area (Å²) in [5.41, 5.74) is 0. The van der Waals surface area contributed by atoms with Gasteiger partial charge in [-0.1, -0.05) is 11.4 Å². The van der Waals surface area contributed by atoms with Gasteiger partial charge in [-0.25, -0.2) is 0 Å². The number of nitrogens with zero attached hydrogens (tertiary/aromatic N) is 1. The third-order valence-electron chi connectivity index (χ3n) is 0.674. The van der Waals surface area contributed by atoms with Crippen molar-refractivity contribution in [2.45, 2.75) is 19.9 Å². The molecule has 0 aromatic heterocycles. The van der Waals surface area contributed by atoms with Crippen LogP contribution in [0.25, 0.3) is 4.85 Å². The van der Waals surface area contributed by atoms with E-state index in [0.717, 1.165) is 0 Å². The lowest BCUT2D eigenvalue weighted by molar-refractivity contribution is 1.10.